The zero-order chi connectivity index (χ0) is 13.7. The summed E-state index contributed by atoms with van der Waals surface area (Å²) in [6.07, 6.45) is -0.728. The Hall–Kier alpha value is -1.71. The first-order valence-corrected chi connectivity index (χ1v) is 6.36. The summed E-state index contributed by atoms with van der Waals surface area (Å²) in [5.74, 6) is 0. The zero-order valence-electron chi connectivity index (χ0n) is 10.8. The van der Waals surface area contributed by atoms with Crippen molar-refractivity contribution >= 4 is 0 Å². The van der Waals surface area contributed by atoms with Gasteiger partial charge in [-0.25, -0.2) is 4.39 Å². The van der Waals surface area contributed by atoms with Crippen LogP contribution in [-0.4, -0.2) is 11.8 Å². The van der Waals surface area contributed by atoms with Crippen LogP contribution in [0.15, 0.2) is 60.7 Å². The Labute approximate surface area is 113 Å². The Morgan fingerprint density at radius 2 is 1.21 bits per heavy atom. The van der Waals surface area contributed by atoms with Gasteiger partial charge in [0, 0.05) is 0 Å². The van der Waals surface area contributed by atoms with Crippen LogP contribution in [-0.2, 0) is 12.8 Å². The summed E-state index contributed by atoms with van der Waals surface area (Å²) in [5.41, 5.74) is 12.6. The molecule has 0 spiro atoms. The van der Waals surface area contributed by atoms with Gasteiger partial charge in [0.15, 0.2) is 6.30 Å². The fourth-order valence-corrected chi connectivity index (χ4v) is 2.21. The Morgan fingerprint density at radius 3 is 1.53 bits per heavy atom. The smallest absolute Gasteiger partial charge is 0.167 e. The van der Waals surface area contributed by atoms with E-state index in [4.69, 9.17) is 11.5 Å². The second kappa shape index (κ2) is 5.95. The minimum atomic E-state index is -1.56. The Morgan fingerprint density at radius 1 is 0.842 bits per heavy atom. The van der Waals surface area contributed by atoms with Crippen molar-refractivity contribution in [3.8, 4) is 0 Å². The number of hydrogen-bond donors (Lipinski definition) is 2. The molecule has 2 aromatic carbocycles. The number of rotatable bonds is 5. The first-order valence-electron chi connectivity index (χ1n) is 6.36. The standard InChI is InChI=1S/C16H19FN2/c17-15(18)16(19,11-13-7-3-1-4-8-13)12-14-9-5-2-6-10-14/h1-10,15H,11-12,18-19H2. The Kier molecular flexibility index (Phi) is 4.30. The quantitative estimate of drug-likeness (QED) is 0.809. The van der Waals surface area contributed by atoms with Crippen LogP contribution in [0.1, 0.15) is 11.1 Å². The van der Waals surface area contributed by atoms with E-state index in [1.54, 1.807) is 0 Å². The molecule has 2 rings (SSSR count). The molecule has 0 saturated heterocycles. The Balaban J connectivity index is 2.18. The molecule has 0 radical (unpaired) electrons. The van der Waals surface area contributed by atoms with Crippen molar-refractivity contribution in [2.45, 2.75) is 24.7 Å². The van der Waals surface area contributed by atoms with Gasteiger partial charge >= 0.3 is 0 Å². The minimum absolute atomic E-state index is 0.417. The first-order chi connectivity index (χ1) is 9.10. The van der Waals surface area contributed by atoms with Crippen LogP contribution in [0.5, 0.6) is 0 Å². The highest BCUT2D eigenvalue weighted by Gasteiger charge is 2.33. The van der Waals surface area contributed by atoms with E-state index < -0.39 is 11.8 Å². The van der Waals surface area contributed by atoms with Crippen LogP contribution in [0.3, 0.4) is 0 Å². The second-order valence-electron chi connectivity index (χ2n) is 4.96. The number of nitrogens with two attached hydrogens (primary N) is 2. The molecule has 4 N–H and O–H groups in total. The SMILES string of the molecule is NC(F)C(N)(Cc1ccccc1)Cc1ccccc1. The molecule has 19 heavy (non-hydrogen) atoms. The van der Waals surface area contributed by atoms with E-state index in [0.717, 1.165) is 11.1 Å². The molecule has 0 bridgehead atoms. The number of alkyl halides is 1. The van der Waals surface area contributed by atoms with Gasteiger partial charge in [0.2, 0.25) is 0 Å². The van der Waals surface area contributed by atoms with Crippen LogP contribution in [0, 0.1) is 0 Å². The number of benzene rings is 2. The molecule has 0 aliphatic heterocycles. The lowest BCUT2D eigenvalue weighted by Gasteiger charge is -2.31. The average Bonchev–Trinajstić information content (AvgIpc) is 2.40. The van der Waals surface area contributed by atoms with Gasteiger partial charge in [-0.3, -0.25) is 0 Å². The lowest BCUT2D eigenvalue weighted by atomic mass is 9.85. The third-order valence-electron chi connectivity index (χ3n) is 3.30. The molecule has 0 saturated carbocycles. The normalized spacial score (nSPS) is 13.2. The van der Waals surface area contributed by atoms with Gasteiger partial charge in [-0.2, -0.15) is 0 Å². The lowest BCUT2D eigenvalue weighted by Crippen LogP contribution is -2.56. The molecule has 0 amide bonds. The third kappa shape index (κ3) is 3.63. The molecule has 0 aliphatic carbocycles. The van der Waals surface area contributed by atoms with Crippen LogP contribution in [0.2, 0.25) is 0 Å². The van der Waals surface area contributed by atoms with Crippen molar-refractivity contribution in [1.82, 2.24) is 0 Å². The molecule has 1 unspecified atom stereocenters. The summed E-state index contributed by atoms with van der Waals surface area (Å²) in [6.45, 7) is 0. The summed E-state index contributed by atoms with van der Waals surface area (Å²) in [6, 6.07) is 19.3. The van der Waals surface area contributed by atoms with Gasteiger partial charge in [0.1, 0.15) is 0 Å². The number of halogens is 1. The van der Waals surface area contributed by atoms with Crippen molar-refractivity contribution in [3.05, 3.63) is 71.8 Å². The van der Waals surface area contributed by atoms with Crippen molar-refractivity contribution in [1.29, 1.82) is 0 Å². The summed E-state index contributed by atoms with van der Waals surface area (Å²) in [5, 5.41) is 0. The second-order valence-corrected chi connectivity index (χ2v) is 4.96. The molecule has 1 atom stereocenters. The summed E-state index contributed by atoms with van der Waals surface area (Å²) < 4.78 is 13.8. The highest BCUT2D eigenvalue weighted by Crippen LogP contribution is 2.20. The monoisotopic (exact) mass is 258 g/mol. The molecule has 0 aliphatic rings. The predicted molar refractivity (Wildman–Crippen MR) is 76.3 cm³/mol. The van der Waals surface area contributed by atoms with Crippen molar-refractivity contribution in [2.75, 3.05) is 0 Å². The van der Waals surface area contributed by atoms with Gasteiger partial charge in [0.25, 0.3) is 0 Å². The zero-order valence-corrected chi connectivity index (χ0v) is 10.8. The van der Waals surface area contributed by atoms with Crippen molar-refractivity contribution in [3.63, 3.8) is 0 Å². The van der Waals surface area contributed by atoms with Crippen LogP contribution in [0.4, 0.5) is 4.39 Å². The molecule has 100 valence electrons. The molecule has 2 nitrogen and oxygen atoms in total. The largest absolute Gasteiger partial charge is 0.321 e. The van der Waals surface area contributed by atoms with E-state index in [2.05, 4.69) is 0 Å². The van der Waals surface area contributed by atoms with Gasteiger partial charge < -0.3 is 11.5 Å². The molecular formula is C16H19FN2. The van der Waals surface area contributed by atoms with E-state index in [9.17, 15) is 4.39 Å². The maximum absolute atomic E-state index is 13.8. The highest BCUT2D eigenvalue weighted by atomic mass is 19.1. The maximum atomic E-state index is 13.8. The molecule has 0 fully saturated rings. The average molecular weight is 258 g/mol. The van der Waals surface area contributed by atoms with Crippen LogP contribution >= 0.6 is 0 Å². The summed E-state index contributed by atoms with van der Waals surface area (Å²) in [4.78, 5) is 0. The first kappa shape index (κ1) is 13.7. The molecule has 2 aromatic rings. The van der Waals surface area contributed by atoms with Gasteiger partial charge in [0.05, 0.1) is 5.54 Å². The topological polar surface area (TPSA) is 52.0 Å². The third-order valence-corrected chi connectivity index (χ3v) is 3.30. The van der Waals surface area contributed by atoms with E-state index >= 15 is 0 Å². The van der Waals surface area contributed by atoms with Crippen molar-refractivity contribution < 1.29 is 4.39 Å². The highest BCUT2D eigenvalue weighted by molar-refractivity contribution is 5.23. The number of hydrogen-bond acceptors (Lipinski definition) is 2. The van der Waals surface area contributed by atoms with E-state index in [0.29, 0.717) is 12.8 Å². The molecule has 0 aromatic heterocycles. The van der Waals surface area contributed by atoms with Gasteiger partial charge in [-0.15, -0.1) is 0 Å². The van der Waals surface area contributed by atoms with E-state index in [1.807, 2.05) is 60.7 Å². The van der Waals surface area contributed by atoms with Gasteiger partial charge in [-0.1, -0.05) is 60.7 Å². The molecule has 3 heteroatoms. The minimum Gasteiger partial charge on any atom is -0.321 e. The van der Waals surface area contributed by atoms with E-state index in [-0.39, 0.29) is 0 Å². The molecular weight excluding hydrogens is 239 g/mol. The van der Waals surface area contributed by atoms with Crippen LogP contribution in [0.25, 0.3) is 0 Å². The van der Waals surface area contributed by atoms with Crippen molar-refractivity contribution in [2.24, 2.45) is 11.5 Å². The summed E-state index contributed by atoms with van der Waals surface area (Å²) >= 11 is 0. The summed E-state index contributed by atoms with van der Waals surface area (Å²) in [7, 11) is 0. The van der Waals surface area contributed by atoms with Gasteiger partial charge in [-0.05, 0) is 24.0 Å². The fraction of sp³-hybridized carbons (Fsp3) is 0.250. The van der Waals surface area contributed by atoms with Crippen LogP contribution < -0.4 is 11.5 Å². The predicted octanol–water partition coefficient (Wildman–Crippen LogP) is 2.42. The molecule has 0 heterocycles. The maximum Gasteiger partial charge on any atom is 0.167 e. The fourth-order valence-electron chi connectivity index (χ4n) is 2.21. The van der Waals surface area contributed by atoms with E-state index in [1.165, 1.54) is 0 Å². The Bertz CT molecular complexity index is 455. The lowest BCUT2D eigenvalue weighted by molar-refractivity contribution is 0.191.